The summed E-state index contributed by atoms with van der Waals surface area (Å²) in [5, 5.41) is 17.1. The second-order valence-corrected chi connectivity index (χ2v) is 10.5. The minimum atomic E-state index is -1.10. The number of carboxylic acids is 1. The standard InChI is InChI=1S/C31H35BN4O6/c1-18-15-33-29(37)26-14-23(9-11-24(18)26)34-28(30(38)39)21-8-10-25(27(13-21)41-4)19(2)17-42-31(40)35-22-7-5-6-20(12-22)16-36(3)32/h5-15,19,28,34H,16-17,32H2,1-4H3,(H,33,37)(H,35,40)(H,38,39)/t19-,28?/m0/s1. The third-order valence-corrected chi connectivity index (χ3v) is 6.93. The van der Waals surface area contributed by atoms with Crippen LogP contribution in [0.1, 0.15) is 41.1 Å². The van der Waals surface area contributed by atoms with E-state index in [2.05, 4.69) is 15.6 Å². The lowest BCUT2D eigenvalue weighted by atomic mass is 9.96. The highest BCUT2D eigenvalue weighted by atomic mass is 16.5. The first-order valence-corrected chi connectivity index (χ1v) is 13.5. The van der Waals surface area contributed by atoms with Crippen molar-refractivity contribution in [3.05, 3.63) is 99.5 Å². The number of amides is 1. The zero-order valence-corrected chi connectivity index (χ0v) is 24.4. The predicted octanol–water partition coefficient (Wildman–Crippen LogP) is 4.42. The van der Waals surface area contributed by atoms with E-state index in [9.17, 15) is 19.5 Å². The number of anilines is 2. The number of carboxylic acid groups (broad SMARTS) is 1. The second-order valence-electron chi connectivity index (χ2n) is 10.5. The third-order valence-electron chi connectivity index (χ3n) is 6.93. The Labute approximate surface area is 245 Å². The summed E-state index contributed by atoms with van der Waals surface area (Å²) in [5.41, 5.74) is 4.09. The maximum Gasteiger partial charge on any atom is 0.411 e. The largest absolute Gasteiger partial charge is 0.496 e. The number of H-pyrrole nitrogens is 1. The number of hydrogen-bond donors (Lipinski definition) is 4. The van der Waals surface area contributed by atoms with Crippen LogP contribution in [0.3, 0.4) is 0 Å². The van der Waals surface area contributed by atoms with Gasteiger partial charge >= 0.3 is 12.1 Å². The molecule has 0 saturated heterocycles. The molecule has 0 aliphatic rings. The van der Waals surface area contributed by atoms with Gasteiger partial charge in [0.1, 0.15) is 5.75 Å². The number of aromatic nitrogens is 1. The first-order chi connectivity index (χ1) is 20.0. The molecule has 1 amide bonds. The van der Waals surface area contributed by atoms with Gasteiger partial charge in [0.15, 0.2) is 14.0 Å². The van der Waals surface area contributed by atoms with Crippen LogP contribution in [0, 0.1) is 6.92 Å². The fourth-order valence-electron chi connectivity index (χ4n) is 4.82. The molecule has 10 nitrogen and oxygen atoms in total. The number of carbonyl (C=O) groups excluding carboxylic acids is 1. The zero-order valence-electron chi connectivity index (χ0n) is 24.4. The summed E-state index contributed by atoms with van der Waals surface area (Å²) >= 11 is 0. The van der Waals surface area contributed by atoms with Crippen molar-refractivity contribution in [3.63, 3.8) is 0 Å². The van der Waals surface area contributed by atoms with E-state index < -0.39 is 18.1 Å². The highest BCUT2D eigenvalue weighted by Crippen LogP contribution is 2.32. The normalized spacial score (nSPS) is 12.5. The number of methoxy groups -OCH3 is 1. The lowest BCUT2D eigenvalue weighted by molar-refractivity contribution is -0.138. The fraction of sp³-hybridized carbons (Fsp3) is 0.258. The van der Waals surface area contributed by atoms with Gasteiger partial charge in [-0.25, -0.2) is 9.59 Å². The van der Waals surface area contributed by atoms with Crippen LogP contribution in [0.4, 0.5) is 16.2 Å². The number of hydrogen-bond acceptors (Lipinski definition) is 7. The highest BCUT2D eigenvalue weighted by Gasteiger charge is 2.23. The van der Waals surface area contributed by atoms with Crippen molar-refractivity contribution in [1.29, 1.82) is 0 Å². The molecule has 0 fully saturated rings. The number of rotatable bonds is 11. The molecule has 0 spiro atoms. The van der Waals surface area contributed by atoms with E-state index in [-0.39, 0.29) is 18.1 Å². The van der Waals surface area contributed by atoms with Crippen molar-refractivity contribution in [3.8, 4) is 5.75 Å². The van der Waals surface area contributed by atoms with Gasteiger partial charge in [-0.15, -0.1) is 0 Å². The van der Waals surface area contributed by atoms with Gasteiger partial charge in [-0.3, -0.25) is 10.1 Å². The number of pyridine rings is 1. The SMILES string of the molecule is BN(C)Cc1cccc(NC(=O)OC[C@H](C)c2ccc(C(Nc3ccc4c(C)c[nH]c(=O)c4c3)C(=O)O)cc2OC)c1. The van der Waals surface area contributed by atoms with Crippen LogP contribution < -0.4 is 20.9 Å². The molecule has 0 radical (unpaired) electrons. The molecule has 218 valence electrons. The molecule has 0 aliphatic carbocycles. The summed E-state index contributed by atoms with van der Waals surface area (Å²) in [6.07, 6.45) is 1.08. The van der Waals surface area contributed by atoms with Gasteiger partial charge in [0.2, 0.25) is 0 Å². The van der Waals surface area contributed by atoms with Crippen LogP contribution >= 0.6 is 0 Å². The molecule has 1 unspecified atom stereocenters. The minimum Gasteiger partial charge on any atom is -0.496 e. The molecule has 3 aromatic carbocycles. The van der Waals surface area contributed by atoms with E-state index in [0.717, 1.165) is 28.6 Å². The molecule has 0 aliphatic heterocycles. The van der Waals surface area contributed by atoms with Gasteiger partial charge in [-0.1, -0.05) is 37.3 Å². The monoisotopic (exact) mass is 570 g/mol. The molecular weight excluding hydrogens is 535 g/mol. The second kappa shape index (κ2) is 13.3. The Balaban J connectivity index is 1.46. The molecule has 4 aromatic rings. The minimum absolute atomic E-state index is 0.0879. The molecule has 1 aromatic heterocycles. The highest BCUT2D eigenvalue weighted by molar-refractivity contribution is 6.04. The lowest BCUT2D eigenvalue weighted by Gasteiger charge is -2.21. The van der Waals surface area contributed by atoms with E-state index in [4.69, 9.17) is 9.47 Å². The van der Waals surface area contributed by atoms with Crippen LogP contribution in [0.25, 0.3) is 10.8 Å². The van der Waals surface area contributed by atoms with Crippen molar-refractivity contribution in [2.45, 2.75) is 32.4 Å². The van der Waals surface area contributed by atoms with E-state index in [1.807, 2.05) is 51.9 Å². The first kappa shape index (κ1) is 30.2. The maximum atomic E-state index is 12.5. The van der Waals surface area contributed by atoms with Gasteiger partial charge in [0, 0.05) is 41.0 Å². The van der Waals surface area contributed by atoms with Gasteiger partial charge < -0.3 is 29.7 Å². The average molecular weight is 570 g/mol. The van der Waals surface area contributed by atoms with Crippen LogP contribution in [0.5, 0.6) is 5.75 Å². The molecule has 1 heterocycles. The van der Waals surface area contributed by atoms with Crippen molar-refractivity contribution in [2.75, 3.05) is 31.4 Å². The molecular formula is C31H35BN4O6. The number of aliphatic carboxylic acids is 1. The average Bonchev–Trinajstić information content (AvgIpc) is 2.96. The Morgan fingerprint density at radius 3 is 2.57 bits per heavy atom. The van der Waals surface area contributed by atoms with Gasteiger partial charge in [0.25, 0.3) is 5.56 Å². The van der Waals surface area contributed by atoms with Crippen molar-refractivity contribution < 1.29 is 24.2 Å². The molecule has 11 heteroatoms. The number of fused-ring (bicyclic) bond motifs is 1. The number of ether oxygens (including phenoxy) is 2. The molecule has 0 saturated carbocycles. The van der Waals surface area contributed by atoms with Gasteiger partial charge in [-0.05, 0) is 66.4 Å². The number of carbonyl (C=O) groups is 2. The van der Waals surface area contributed by atoms with Crippen LogP contribution in [-0.2, 0) is 16.1 Å². The summed E-state index contributed by atoms with van der Waals surface area (Å²) < 4.78 is 11.1. The molecule has 4 rings (SSSR count). The van der Waals surface area contributed by atoms with Crippen LogP contribution in [0.2, 0.25) is 0 Å². The Hall–Kier alpha value is -4.77. The summed E-state index contributed by atoms with van der Waals surface area (Å²) in [7, 11) is 5.46. The number of nitrogens with one attached hydrogen (secondary N) is 3. The summed E-state index contributed by atoms with van der Waals surface area (Å²) in [6.45, 7) is 4.62. The van der Waals surface area contributed by atoms with E-state index in [1.54, 1.807) is 48.7 Å². The lowest BCUT2D eigenvalue weighted by Crippen LogP contribution is -2.21. The van der Waals surface area contributed by atoms with Gasteiger partial charge in [0.05, 0.1) is 13.7 Å². The number of nitrogens with zero attached hydrogens (tertiary/aromatic N) is 1. The van der Waals surface area contributed by atoms with E-state index >= 15 is 0 Å². The third kappa shape index (κ3) is 7.30. The van der Waals surface area contributed by atoms with Crippen molar-refractivity contribution in [2.24, 2.45) is 0 Å². The van der Waals surface area contributed by atoms with Gasteiger partial charge in [-0.2, -0.15) is 0 Å². The Morgan fingerprint density at radius 2 is 1.86 bits per heavy atom. The molecule has 4 N–H and O–H groups in total. The summed E-state index contributed by atoms with van der Waals surface area (Å²) in [6, 6.07) is 16.8. The van der Waals surface area contributed by atoms with Crippen LogP contribution in [0.15, 0.2) is 71.7 Å². The number of benzene rings is 3. The fourth-order valence-corrected chi connectivity index (χ4v) is 4.82. The smallest absolute Gasteiger partial charge is 0.411 e. The zero-order chi connectivity index (χ0) is 30.4. The quantitative estimate of drug-likeness (QED) is 0.195. The Bertz CT molecular complexity index is 1650. The molecule has 2 atom stereocenters. The van der Waals surface area contributed by atoms with Crippen molar-refractivity contribution >= 4 is 42.2 Å². The summed E-state index contributed by atoms with van der Waals surface area (Å²) in [5.74, 6) is -0.851. The van der Waals surface area contributed by atoms with E-state index in [0.29, 0.717) is 28.1 Å². The topological polar surface area (TPSA) is 133 Å². The molecule has 42 heavy (non-hydrogen) atoms. The van der Waals surface area contributed by atoms with Crippen LogP contribution in [-0.4, -0.2) is 55.7 Å². The maximum absolute atomic E-state index is 12.5. The van der Waals surface area contributed by atoms with E-state index in [1.165, 1.54) is 7.11 Å². The summed E-state index contributed by atoms with van der Waals surface area (Å²) in [4.78, 5) is 41.8. The Kier molecular flexibility index (Phi) is 9.54. The van der Waals surface area contributed by atoms with Crippen molar-refractivity contribution in [1.82, 2.24) is 9.79 Å². The molecule has 0 bridgehead atoms. The first-order valence-electron chi connectivity index (χ1n) is 13.5. The number of aryl methyl sites for hydroxylation is 1. The predicted molar refractivity (Wildman–Crippen MR) is 166 cm³/mol. The Morgan fingerprint density at radius 1 is 1.07 bits per heavy atom. The number of aromatic amines is 1.